The van der Waals surface area contributed by atoms with Crippen molar-refractivity contribution in [3.05, 3.63) is 41.9 Å². The number of hydrogen-bond acceptors (Lipinski definition) is 4. The maximum Gasteiger partial charge on any atom is 0.128 e. The first-order valence-electron chi connectivity index (χ1n) is 5.24. The highest BCUT2D eigenvalue weighted by Gasteiger charge is 2.04. The zero-order valence-corrected chi connectivity index (χ0v) is 9.83. The number of anilines is 1. The lowest BCUT2D eigenvalue weighted by atomic mass is 10.3. The van der Waals surface area contributed by atoms with Crippen LogP contribution in [-0.4, -0.2) is 21.8 Å². The van der Waals surface area contributed by atoms with Gasteiger partial charge in [-0.15, -0.1) is 0 Å². The Hall–Kier alpha value is -2.35. The van der Waals surface area contributed by atoms with Crippen molar-refractivity contribution in [3.8, 4) is 6.07 Å². The molecule has 0 atom stereocenters. The maximum absolute atomic E-state index is 8.69. The fourth-order valence-corrected chi connectivity index (χ4v) is 1.59. The highest BCUT2D eigenvalue weighted by Crippen LogP contribution is 2.12. The Bertz CT molecular complexity index is 535. The maximum atomic E-state index is 8.69. The van der Waals surface area contributed by atoms with Crippen LogP contribution in [0, 0.1) is 11.3 Å². The van der Waals surface area contributed by atoms with Crippen LogP contribution in [0.4, 0.5) is 5.82 Å². The quantitative estimate of drug-likeness (QED) is 0.793. The van der Waals surface area contributed by atoms with Crippen LogP contribution in [0.25, 0.3) is 0 Å². The molecule has 2 aromatic heterocycles. The summed E-state index contributed by atoms with van der Waals surface area (Å²) >= 11 is 0. The van der Waals surface area contributed by atoms with E-state index in [0.717, 1.165) is 17.9 Å². The van der Waals surface area contributed by atoms with Crippen molar-refractivity contribution in [2.75, 3.05) is 11.9 Å². The highest BCUT2D eigenvalue weighted by molar-refractivity contribution is 5.41. The molecule has 0 radical (unpaired) electrons. The second-order valence-electron chi connectivity index (χ2n) is 3.90. The van der Waals surface area contributed by atoms with E-state index in [1.807, 2.05) is 37.5 Å². The molecule has 2 rings (SSSR count). The van der Waals surface area contributed by atoms with Gasteiger partial charge in [0.2, 0.25) is 0 Å². The zero-order chi connectivity index (χ0) is 12.3. The molecule has 0 aliphatic carbocycles. The first-order valence-corrected chi connectivity index (χ1v) is 5.24. The average molecular weight is 227 g/mol. The van der Waals surface area contributed by atoms with E-state index in [-0.39, 0.29) is 0 Å². The molecule has 0 fully saturated rings. The van der Waals surface area contributed by atoms with Crippen molar-refractivity contribution in [2.24, 2.45) is 7.05 Å². The third-order valence-electron chi connectivity index (χ3n) is 2.45. The minimum atomic E-state index is 0.573. The molecular weight excluding hydrogens is 214 g/mol. The molecule has 86 valence electrons. The molecule has 17 heavy (non-hydrogen) atoms. The van der Waals surface area contributed by atoms with Crippen molar-refractivity contribution < 1.29 is 0 Å². The van der Waals surface area contributed by atoms with Gasteiger partial charge in [-0.05, 0) is 12.1 Å². The molecule has 0 aromatic carbocycles. The lowest BCUT2D eigenvalue weighted by Gasteiger charge is -2.16. The number of hydrogen-bond donors (Lipinski definition) is 0. The largest absolute Gasteiger partial charge is 0.355 e. The number of aryl methyl sites for hydroxylation is 1. The lowest BCUT2D eigenvalue weighted by molar-refractivity contribution is 0.766. The van der Waals surface area contributed by atoms with Crippen LogP contribution in [0.5, 0.6) is 0 Å². The smallest absolute Gasteiger partial charge is 0.128 e. The monoisotopic (exact) mass is 227 g/mol. The summed E-state index contributed by atoms with van der Waals surface area (Å²) in [6.07, 6.45) is 5.38. The van der Waals surface area contributed by atoms with Gasteiger partial charge in [0.05, 0.1) is 11.8 Å². The number of nitrogens with zero attached hydrogens (tertiary/aromatic N) is 5. The summed E-state index contributed by atoms with van der Waals surface area (Å²) in [5, 5.41) is 12.8. The van der Waals surface area contributed by atoms with Crippen LogP contribution < -0.4 is 4.90 Å². The molecule has 2 aromatic rings. The minimum Gasteiger partial charge on any atom is -0.355 e. The Kier molecular flexibility index (Phi) is 3.06. The highest BCUT2D eigenvalue weighted by atomic mass is 15.2. The molecule has 0 saturated heterocycles. The van der Waals surface area contributed by atoms with Gasteiger partial charge < -0.3 is 4.90 Å². The minimum absolute atomic E-state index is 0.573. The van der Waals surface area contributed by atoms with E-state index in [1.165, 1.54) is 0 Å². The van der Waals surface area contributed by atoms with E-state index in [4.69, 9.17) is 5.26 Å². The summed E-state index contributed by atoms with van der Waals surface area (Å²) in [6, 6.07) is 5.66. The summed E-state index contributed by atoms with van der Waals surface area (Å²) in [5.41, 5.74) is 1.70. The third-order valence-corrected chi connectivity index (χ3v) is 2.45. The van der Waals surface area contributed by atoms with Gasteiger partial charge in [0, 0.05) is 38.6 Å². The first-order chi connectivity index (χ1) is 8.19. The molecule has 0 bridgehead atoms. The molecule has 0 aliphatic rings. The topological polar surface area (TPSA) is 57.7 Å². The fraction of sp³-hybridized carbons (Fsp3) is 0.250. The van der Waals surface area contributed by atoms with E-state index >= 15 is 0 Å². The predicted octanol–water partition coefficient (Wildman–Crippen LogP) is 1.32. The summed E-state index contributed by atoms with van der Waals surface area (Å²) in [4.78, 5) is 6.24. The second kappa shape index (κ2) is 4.66. The van der Waals surface area contributed by atoms with Crippen molar-refractivity contribution in [1.82, 2.24) is 14.8 Å². The van der Waals surface area contributed by atoms with E-state index in [2.05, 4.69) is 16.2 Å². The first kappa shape index (κ1) is 11.1. The van der Waals surface area contributed by atoms with E-state index in [1.54, 1.807) is 16.9 Å². The van der Waals surface area contributed by atoms with Gasteiger partial charge in [0.1, 0.15) is 11.9 Å². The molecule has 0 amide bonds. The molecule has 0 N–H and O–H groups in total. The van der Waals surface area contributed by atoms with E-state index in [9.17, 15) is 0 Å². The standard InChI is InChI=1S/C12H13N5/c1-16(8-11-7-15-17(2)9-11)12-4-3-10(5-13)6-14-12/h3-4,6-7,9H,8H2,1-2H3. The van der Waals surface area contributed by atoms with Crippen LogP contribution in [0.2, 0.25) is 0 Å². The molecule has 0 aliphatic heterocycles. The van der Waals surface area contributed by atoms with Crippen LogP contribution in [-0.2, 0) is 13.6 Å². The number of nitriles is 1. The number of pyridine rings is 1. The van der Waals surface area contributed by atoms with Crippen molar-refractivity contribution in [3.63, 3.8) is 0 Å². The Balaban J connectivity index is 2.09. The molecule has 2 heterocycles. The third kappa shape index (κ3) is 2.61. The normalized spacial score (nSPS) is 9.94. The molecule has 0 saturated carbocycles. The molecule has 0 unspecified atom stereocenters. The van der Waals surface area contributed by atoms with Crippen LogP contribution in [0.1, 0.15) is 11.1 Å². The van der Waals surface area contributed by atoms with Gasteiger partial charge in [-0.3, -0.25) is 4.68 Å². The van der Waals surface area contributed by atoms with Gasteiger partial charge in [-0.25, -0.2) is 4.98 Å². The van der Waals surface area contributed by atoms with Crippen molar-refractivity contribution >= 4 is 5.82 Å². The predicted molar refractivity (Wildman–Crippen MR) is 64.3 cm³/mol. The van der Waals surface area contributed by atoms with Gasteiger partial charge >= 0.3 is 0 Å². The van der Waals surface area contributed by atoms with Crippen molar-refractivity contribution in [2.45, 2.75) is 6.54 Å². The molecule has 5 heteroatoms. The van der Waals surface area contributed by atoms with Crippen LogP contribution in [0.15, 0.2) is 30.7 Å². The van der Waals surface area contributed by atoms with Crippen LogP contribution >= 0.6 is 0 Å². The van der Waals surface area contributed by atoms with Gasteiger partial charge in [-0.1, -0.05) is 0 Å². The number of aromatic nitrogens is 3. The molecule has 0 spiro atoms. The summed E-state index contributed by atoms with van der Waals surface area (Å²) in [5.74, 6) is 0.841. The van der Waals surface area contributed by atoms with E-state index < -0.39 is 0 Å². The Morgan fingerprint density at radius 2 is 2.24 bits per heavy atom. The molecular formula is C12H13N5. The SMILES string of the molecule is CN(Cc1cnn(C)c1)c1ccc(C#N)cn1. The van der Waals surface area contributed by atoms with E-state index in [0.29, 0.717) is 5.56 Å². The van der Waals surface area contributed by atoms with Crippen LogP contribution in [0.3, 0.4) is 0 Å². The molecule has 5 nitrogen and oxygen atoms in total. The second-order valence-corrected chi connectivity index (χ2v) is 3.90. The Morgan fingerprint density at radius 1 is 1.41 bits per heavy atom. The summed E-state index contributed by atoms with van der Waals surface area (Å²) < 4.78 is 1.77. The average Bonchev–Trinajstić information content (AvgIpc) is 2.75. The zero-order valence-electron chi connectivity index (χ0n) is 9.83. The Labute approximate surface area is 99.9 Å². The summed E-state index contributed by atoms with van der Waals surface area (Å²) in [7, 11) is 3.85. The van der Waals surface area contributed by atoms with Gasteiger partial charge in [0.15, 0.2) is 0 Å². The fourth-order valence-electron chi connectivity index (χ4n) is 1.59. The Morgan fingerprint density at radius 3 is 2.76 bits per heavy atom. The van der Waals surface area contributed by atoms with Crippen molar-refractivity contribution in [1.29, 1.82) is 5.26 Å². The number of rotatable bonds is 3. The summed E-state index contributed by atoms with van der Waals surface area (Å²) in [6.45, 7) is 0.743. The van der Waals surface area contributed by atoms with Gasteiger partial charge in [-0.2, -0.15) is 10.4 Å². The lowest BCUT2D eigenvalue weighted by Crippen LogP contribution is -2.17. The van der Waals surface area contributed by atoms with Gasteiger partial charge in [0.25, 0.3) is 0 Å².